The van der Waals surface area contributed by atoms with Gasteiger partial charge in [0.15, 0.2) is 0 Å². The maximum atomic E-state index is 12.8. The highest BCUT2D eigenvalue weighted by atomic mass is 16.5. The summed E-state index contributed by atoms with van der Waals surface area (Å²) in [6.45, 7) is 7.71. The Morgan fingerprint density at radius 2 is 1.96 bits per heavy atom. The van der Waals surface area contributed by atoms with Crippen molar-refractivity contribution in [3.8, 4) is 17.0 Å². The molecule has 1 aliphatic heterocycles. The summed E-state index contributed by atoms with van der Waals surface area (Å²) in [7, 11) is 0. The van der Waals surface area contributed by atoms with Gasteiger partial charge in [-0.2, -0.15) is 5.10 Å². The third-order valence-corrected chi connectivity index (χ3v) is 4.96. The molecule has 0 bridgehead atoms. The van der Waals surface area contributed by atoms with Crippen molar-refractivity contribution in [3.05, 3.63) is 36.0 Å². The Balaban J connectivity index is 1.60. The Morgan fingerprint density at radius 1 is 1.30 bits per heavy atom. The molecule has 0 spiro atoms. The van der Waals surface area contributed by atoms with Crippen LogP contribution in [0.3, 0.4) is 0 Å². The second kappa shape index (κ2) is 8.13. The van der Waals surface area contributed by atoms with Crippen molar-refractivity contribution in [3.63, 3.8) is 0 Å². The molecular weight excluding hydrogens is 342 g/mol. The van der Waals surface area contributed by atoms with Gasteiger partial charge in [0.1, 0.15) is 11.4 Å². The molecule has 1 fully saturated rings. The second-order valence-electron chi connectivity index (χ2n) is 7.88. The molecule has 1 aromatic carbocycles. The molecule has 1 saturated heterocycles. The molecule has 0 radical (unpaired) electrons. The Labute approximate surface area is 160 Å². The number of amides is 1. The average molecular weight is 371 g/mol. The van der Waals surface area contributed by atoms with Crippen LogP contribution >= 0.6 is 0 Å². The van der Waals surface area contributed by atoms with Crippen molar-refractivity contribution < 1.29 is 14.6 Å². The summed E-state index contributed by atoms with van der Waals surface area (Å²) in [4.78, 5) is 14.6. The van der Waals surface area contributed by atoms with E-state index in [2.05, 4.69) is 10.2 Å². The van der Waals surface area contributed by atoms with E-state index in [1.54, 1.807) is 6.07 Å². The minimum atomic E-state index is -0.646. The molecule has 146 valence electrons. The normalized spacial score (nSPS) is 15.8. The van der Waals surface area contributed by atoms with Crippen LogP contribution in [0.1, 0.15) is 50.5 Å². The zero-order valence-corrected chi connectivity index (χ0v) is 16.4. The fourth-order valence-corrected chi connectivity index (χ4v) is 3.68. The van der Waals surface area contributed by atoms with E-state index in [1.807, 2.05) is 49.9 Å². The SMILES string of the molecule is CCOc1ccc(-c2cc(C(=O)N3CCC(CC(C)(C)O)CC3)[nH]n2)cc1. The minimum absolute atomic E-state index is 0.0126. The molecule has 6 nitrogen and oxygen atoms in total. The van der Waals surface area contributed by atoms with Crippen LogP contribution in [-0.2, 0) is 0 Å². The predicted octanol–water partition coefficient (Wildman–Crippen LogP) is 3.49. The molecule has 3 rings (SSSR count). The second-order valence-corrected chi connectivity index (χ2v) is 7.88. The summed E-state index contributed by atoms with van der Waals surface area (Å²) in [6, 6.07) is 9.50. The summed E-state index contributed by atoms with van der Waals surface area (Å²) in [5.74, 6) is 1.28. The van der Waals surface area contributed by atoms with Crippen LogP contribution in [0.25, 0.3) is 11.3 Å². The highest BCUT2D eigenvalue weighted by Gasteiger charge is 2.28. The zero-order valence-electron chi connectivity index (χ0n) is 16.4. The number of hydrogen-bond donors (Lipinski definition) is 2. The lowest BCUT2D eigenvalue weighted by Gasteiger charge is -2.34. The van der Waals surface area contributed by atoms with Crippen LogP contribution in [0.5, 0.6) is 5.75 Å². The van der Waals surface area contributed by atoms with Crippen LogP contribution in [0.4, 0.5) is 0 Å². The van der Waals surface area contributed by atoms with Crippen molar-refractivity contribution in [2.45, 2.75) is 45.6 Å². The van der Waals surface area contributed by atoms with Gasteiger partial charge in [0.25, 0.3) is 5.91 Å². The minimum Gasteiger partial charge on any atom is -0.494 e. The van der Waals surface area contributed by atoms with E-state index >= 15 is 0 Å². The van der Waals surface area contributed by atoms with Gasteiger partial charge in [-0.1, -0.05) is 0 Å². The number of nitrogens with zero attached hydrogens (tertiary/aromatic N) is 2. The summed E-state index contributed by atoms with van der Waals surface area (Å²) < 4.78 is 5.45. The third kappa shape index (κ3) is 5.10. The summed E-state index contributed by atoms with van der Waals surface area (Å²) in [5.41, 5.74) is 1.56. The predicted molar refractivity (Wildman–Crippen MR) is 105 cm³/mol. The average Bonchev–Trinajstić information content (AvgIpc) is 3.11. The van der Waals surface area contributed by atoms with Gasteiger partial charge in [-0.15, -0.1) is 0 Å². The lowest BCUT2D eigenvalue weighted by Crippen LogP contribution is -2.40. The Bertz CT molecular complexity index is 754. The molecule has 0 unspecified atom stereocenters. The van der Waals surface area contributed by atoms with E-state index in [0.717, 1.165) is 49.4 Å². The molecule has 1 aromatic heterocycles. The molecule has 0 saturated carbocycles. The van der Waals surface area contributed by atoms with Gasteiger partial charge in [0.2, 0.25) is 0 Å². The maximum absolute atomic E-state index is 12.8. The molecule has 27 heavy (non-hydrogen) atoms. The van der Waals surface area contributed by atoms with E-state index in [-0.39, 0.29) is 5.91 Å². The third-order valence-electron chi connectivity index (χ3n) is 4.96. The van der Waals surface area contributed by atoms with E-state index in [4.69, 9.17) is 4.74 Å². The van der Waals surface area contributed by atoms with Crippen LogP contribution in [0.15, 0.2) is 30.3 Å². The molecule has 6 heteroatoms. The summed E-state index contributed by atoms with van der Waals surface area (Å²) >= 11 is 0. The number of aliphatic hydroxyl groups is 1. The van der Waals surface area contributed by atoms with Crippen molar-refractivity contribution >= 4 is 5.91 Å². The number of carbonyl (C=O) groups is 1. The number of H-pyrrole nitrogens is 1. The largest absolute Gasteiger partial charge is 0.494 e. The van der Waals surface area contributed by atoms with Crippen LogP contribution in [-0.4, -0.2) is 51.4 Å². The van der Waals surface area contributed by atoms with Crippen molar-refractivity contribution in [1.29, 1.82) is 0 Å². The van der Waals surface area contributed by atoms with E-state index in [0.29, 0.717) is 18.2 Å². The molecule has 0 aliphatic carbocycles. The van der Waals surface area contributed by atoms with Gasteiger partial charge in [-0.05, 0) is 76.3 Å². The van der Waals surface area contributed by atoms with Gasteiger partial charge in [-0.25, -0.2) is 0 Å². The zero-order chi connectivity index (χ0) is 19.4. The first-order valence-corrected chi connectivity index (χ1v) is 9.66. The fourth-order valence-electron chi connectivity index (χ4n) is 3.68. The summed E-state index contributed by atoms with van der Waals surface area (Å²) in [5, 5.41) is 17.2. The Kier molecular flexibility index (Phi) is 5.85. The van der Waals surface area contributed by atoms with Crippen molar-refractivity contribution in [2.24, 2.45) is 5.92 Å². The number of nitrogens with one attached hydrogen (secondary N) is 1. The molecule has 0 atom stereocenters. The number of rotatable bonds is 6. The molecule has 1 aliphatic rings. The highest BCUT2D eigenvalue weighted by Crippen LogP contribution is 2.27. The number of likely N-dealkylation sites (tertiary alicyclic amines) is 1. The first-order chi connectivity index (χ1) is 12.9. The van der Waals surface area contributed by atoms with Gasteiger partial charge in [0, 0.05) is 18.7 Å². The molecule has 2 heterocycles. The monoisotopic (exact) mass is 371 g/mol. The van der Waals surface area contributed by atoms with E-state index in [1.165, 1.54) is 0 Å². The van der Waals surface area contributed by atoms with Gasteiger partial charge in [0.05, 0.1) is 17.9 Å². The molecular formula is C21H29N3O3. The number of aromatic nitrogens is 2. The van der Waals surface area contributed by atoms with Crippen molar-refractivity contribution in [2.75, 3.05) is 19.7 Å². The topological polar surface area (TPSA) is 78.5 Å². The van der Waals surface area contributed by atoms with E-state index < -0.39 is 5.60 Å². The van der Waals surface area contributed by atoms with Crippen molar-refractivity contribution in [1.82, 2.24) is 15.1 Å². The van der Waals surface area contributed by atoms with Crippen LogP contribution < -0.4 is 4.74 Å². The Hall–Kier alpha value is -2.34. The van der Waals surface area contributed by atoms with Crippen LogP contribution in [0.2, 0.25) is 0 Å². The number of carbonyl (C=O) groups excluding carboxylic acids is 1. The first-order valence-electron chi connectivity index (χ1n) is 9.66. The fraction of sp³-hybridized carbons (Fsp3) is 0.524. The summed E-state index contributed by atoms with van der Waals surface area (Å²) in [6.07, 6.45) is 2.63. The first kappa shape index (κ1) is 19.4. The molecule has 2 aromatic rings. The quantitative estimate of drug-likeness (QED) is 0.815. The molecule has 2 N–H and O–H groups in total. The lowest BCUT2D eigenvalue weighted by molar-refractivity contribution is 0.0357. The lowest BCUT2D eigenvalue weighted by atomic mass is 9.86. The highest BCUT2D eigenvalue weighted by molar-refractivity contribution is 5.93. The standard InChI is InChI=1S/C21H29N3O3/c1-4-27-17-7-5-16(6-8-17)18-13-19(23-22-18)20(25)24-11-9-15(10-12-24)14-21(2,3)26/h5-8,13,15,26H,4,9-12,14H2,1-3H3,(H,22,23). The number of ether oxygens (including phenoxy) is 1. The van der Waals surface area contributed by atoms with Gasteiger partial charge >= 0.3 is 0 Å². The maximum Gasteiger partial charge on any atom is 0.271 e. The number of aromatic amines is 1. The number of benzene rings is 1. The van der Waals surface area contributed by atoms with Gasteiger partial charge in [-0.3, -0.25) is 9.89 Å². The van der Waals surface area contributed by atoms with Crippen LogP contribution in [0, 0.1) is 5.92 Å². The number of piperidine rings is 1. The Morgan fingerprint density at radius 3 is 2.56 bits per heavy atom. The smallest absolute Gasteiger partial charge is 0.271 e. The number of hydrogen-bond acceptors (Lipinski definition) is 4. The van der Waals surface area contributed by atoms with Gasteiger partial charge < -0.3 is 14.7 Å². The van der Waals surface area contributed by atoms with E-state index in [9.17, 15) is 9.90 Å². The molecule has 1 amide bonds.